The van der Waals surface area contributed by atoms with Crippen molar-refractivity contribution >= 4 is 67.6 Å². The van der Waals surface area contributed by atoms with E-state index in [1.807, 2.05) is 6.20 Å². The van der Waals surface area contributed by atoms with Crippen LogP contribution < -0.4 is 14.1 Å². The van der Waals surface area contributed by atoms with Gasteiger partial charge in [0.05, 0.1) is 5.56 Å². The SMILES string of the molecule is CC(C)(C)c1cccc(-c2cccc3c2[N+](c2cc(C(C)(C)C)cc(C(C)(C)C)c2)=C=[N+]3c2[c-]c(N(c3[c-]c4c(cc3)c3ccccc3n4-c3cc(C(C)(C)C)ccn3)c3ccccc3)ccc2)c1.[Pt+2]. The van der Waals surface area contributed by atoms with Crippen LogP contribution in [0.1, 0.15) is 105 Å². The molecule has 0 fully saturated rings. The first kappa shape index (κ1) is 48.4. The minimum absolute atomic E-state index is 0. The van der Waals surface area contributed by atoms with Crippen LogP contribution >= 0.6 is 0 Å². The maximum Gasteiger partial charge on any atom is 2.00 e. The van der Waals surface area contributed by atoms with E-state index >= 15 is 0 Å². The van der Waals surface area contributed by atoms with E-state index in [0.717, 1.165) is 73.0 Å². The molecule has 3 heterocycles. The molecular weight excluding hydrogens is 1030 g/mol. The van der Waals surface area contributed by atoms with Gasteiger partial charge in [0.25, 0.3) is 5.69 Å². The molecular formula is C64H63N5Pt+2. The molecule has 0 aliphatic carbocycles. The molecule has 70 heavy (non-hydrogen) atoms. The molecule has 0 saturated heterocycles. The first-order valence-electron chi connectivity index (χ1n) is 24.3. The summed E-state index contributed by atoms with van der Waals surface area (Å²) in [5, 5.41) is 2.28. The van der Waals surface area contributed by atoms with Crippen molar-refractivity contribution < 1.29 is 21.1 Å². The monoisotopic (exact) mass is 1100 g/mol. The quantitative estimate of drug-likeness (QED) is 0.117. The van der Waals surface area contributed by atoms with Gasteiger partial charge in [-0.25, -0.2) is 4.98 Å². The Balaban J connectivity index is 0.00000608. The van der Waals surface area contributed by atoms with Gasteiger partial charge in [-0.05, 0) is 95.8 Å². The molecule has 1 aliphatic rings. The molecule has 10 rings (SSSR count). The van der Waals surface area contributed by atoms with Crippen LogP contribution in [0.25, 0.3) is 38.8 Å². The van der Waals surface area contributed by atoms with Crippen LogP contribution in [-0.2, 0) is 42.7 Å². The van der Waals surface area contributed by atoms with Gasteiger partial charge in [0, 0.05) is 35.6 Å². The van der Waals surface area contributed by atoms with Crippen molar-refractivity contribution in [2.45, 2.75) is 105 Å². The van der Waals surface area contributed by atoms with Gasteiger partial charge in [-0.2, -0.15) is 12.1 Å². The molecule has 2 aromatic heterocycles. The van der Waals surface area contributed by atoms with Crippen LogP contribution in [-0.4, -0.2) is 15.6 Å². The van der Waals surface area contributed by atoms with E-state index in [2.05, 4.69) is 278 Å². The zero-order chi connectivity index (χ0) is 48.6. The number of anilines is 3. The predicted octanol–water partition coefficient (Wildman–Crippen LogP) is 17.0. The summed E-state index contributed by atoms with van der Waals surface area (Å²) in [5.74, 6) is 0.873. The van der Waals surface area contributed by atoms with Crippen molar-refractivity contribution in [3.05, 3.63) is 198 Å². The third-order valence-corrected chi connectivity index (χ3v) is 13.5. The number of hydrogen-bond acceptors (Lipinski definition) is 2. The van der Waals surface area contributed by atoms with Crippen molar-refractivity contribution in [3.63, 3.8) is 0 Å². The minimum atomic E-state index is -0.0663. The summed E-state index contributed by atoms with van der Waals surface area (Å²) < 4.78 is 6.75. The van der Waals surface area contributed by atoms with E-state index in [0.29, 0.717) is 0 Å². The van der Waals surface area contributed by atoms with Gasteiger partial charge in [0.2, 0.25) is 5.69 Å². The molecule has 0 saturated carbocycles. The van der Waals surface area contributed by atoms with Gasteiger partial charge < -0.3 is 9.47 Å². The van der Waals surface area contributed by atoms with Crippen LogP contribution in [0.2, 0.25) is 0 Å². The fourth-order valence-corrected chi connectivity index (χ4v) is 9.46. The topological polar surface area (TPSA) is 27.1 Å². The molecule has 0 atom stereocenters. The summed E-state index contributed by atoms with van der Waals surface area (Å²) in [7, 11) is 0. The van der Waals surface area contributed by atoms with Crippen LogP contribution in [0, 0.1) is 12.1 Å². The molecule has 0 bridgehead atoms. The number of rotatable bonds is 7. The molecule has 7 aromatic carbocycles. The second-order valence-corrected chi connectivity index (χ2v) is 22.7. The maximum absolute atomic E-state index is 4.97. The summed E-state index contributed by atoms with van der Waals surface area (Å²) in [5.41, 5.74) is 16.2. The fourth-order valence-electron chi connectivity index (χ4n) is 9.46. The Hall–Kier alpha value is -6.64. The molecule has 6 heteroatoms. The Morgan fingerprint density at radius 3 is 1.84 bits per heavy atom. The van der Waals surface area contributed by atoms with Crippen molar-refractivity contribution in [1.29, 1.82) is 0 Å². The molecule has 5 nitrogen and oxygen atoms in total. The zero-order valence-corrected chi connectivity index (χ0v) is 44.9. The predicted molar refractivity (Wildman–Crippen MR) is 292 cm³/mol. The van der Waals surface area contributed by atoms with Crippen LogP contribution in [0.4, 0.5) is 39.8 Å². The van der Waals surface area contributed by atoms with E-state index in [4.69, 9.17) is 4.98 Å². The number of aromatic nitrogens is 2. The summed E-state index contributed by atoms with van der Waals surface area (Å²) in [6, 6.07) is 68.9. The second kappa shape index (κ2) is 18.0. The minimum Gasteiger partial charge on any atom is -0.358 e. The Bertz CT molecular complexity index is 3490. The van der Waals surface area contributed by atoms with Crippen molar-refractivity contribution in [1.82, 2.24) is 18.7 Å². The molecule has 0 amide bonds. The third kappa shape index (κ3) is 9.03. The Kier molecular flexibility index (Phi) is 12.4. The largest absolute Gasteiger partial charge is 2.00 e. The summed E-state index contributed by atoms with van der Waals surface area (Å²) in [6.07, 6.45) is 1.93. The zero-order valence-electron chi connectivity index (χ0n) is 42.6. The molecule has 0 spiro atoms. The van der Waals surface area contributed by atoms with Crippen molar-refractivity contribution in [3.8, 4) is 16.9 Å². The summed E-state index contributed by atoms with van der Waals surface area (Å²) in [6.45, 7) is 27.4. The first-order chi connectivity index (χ1) is 32.7. The average Bonchev–Trinajstić information content (AvgIpc) is 3.87. The number of hydrogen-bond donors (Lipinski definition) is 0. The molecule has 0 unspecified atom stereocenters. The molecule has 1 aliphatic heterocycles. The average molecular weight is 1100 g/mol. The number of fused-ring (bicyclic) bond motifs is 4. The van der Waals surface area contributed by atoms with E-state index in [1.165, 1.54) is 27.8 Å². The smallest absolute Gasteiger partial charge is 0.358 e. The number of benzene rings is 7. The Morgan fingerprint density at radius 1 is 0.514 bits per heavy atom. The molecule has 9 aromatic rings. The standard InChI is InChI=1S/C64H63N5.Pt/c1-61(2,3)44-22-18-21-43(35-44)53-28-20-30-57-60(53)67(52-37-46(63(7,8)9)36-47(38-52)64(10,11)12)42-66(57)49-25-19-26-50(40-49)68(48-23-14-13-15-24-48)51-31-32-55-54-27-16-17-29-56(54)69(58(55)41-51)59-39-45(33-34-65-59)62(4,5)6;/h13-39H,1-12H3;/q;+2. The van der Waals surface area contributed by atoms with Gasteiger partial charge in [0.15, 0.2) is 0 Å². The summed E-state index contributed by atoms with van der Waals surface area (Å²) >= 11 is 0. The third-order valence-electron chi connectivity index (χ3n) is 13.5. The first-order valence-corrected chi connectivity index (χ1v) is 24.3. The van der Waals surface area contributed by atoms with Gasteiger partial charge in [-0.1, -0.05) is 189 Å². The van der Waals surface area contributed by atoms with Crippen LogP contribution in [0.15, 0.2) is 164 Å². The Labute approximate surface area is 429 Å². The van der Waals surface area contributed by atoms with Gasteiger partial charge in [-0.15, -0.1) is 23.6 Å². The molecule has 0 radical (unpaired) electrons. The van der Waals surface area contributed by atoms with E-state index in [9.17, 15) is 0 Å². The molecule has 0 N–H and O–H groups in total. The van der Waals surface area contributed by atoms with Gasteiger partial charge in [0.1, 0.15) is 11.5 Å². The Morgan fingerprint density at radius 2 is 1.14 bits per heavy atom. The second-order valence-electron chi connectivity index (χ2n) is 22.7. The summed E-state index contributed by atoms with van der Waals surface area (Å²) in [4.78, 5) is 7.23. The van der Waals surface area contributed by atoms with Crippen LogP contribution in [0.5, 0.6) is 0 Å². The maximum atomic E-state index is 4.97. The van der Waals surface area contributed by atoms with E-state index in [-0.39, 0.29) is 42.7 Å². The van der Waals surface area contributed by atoms with Crippen molar-refractivity contribution in [2.75, 3.05) is 4.90 Å². The number of para-hydroxylation sites is 3. The normalized spacial score (nSPS) is 13.0. The fraction of sp³-hybridized carbons (Fsp3) is 0.250. The molecule has 352 valence electrons. The van der Waals surface area contributed by atoms with Crippen molar-refractivity contribution in [2.24, 2.45) is 0 Å². The van der Waals surface area contributed by atoms with E-state index < -0.39 is 0 Å². The van der Waals surface area contributed by atoms with Crippen LogP contribution in [0.3, 0.4) is 0 Å². The van der Waals surface area contributed by atoms with Gasteiger partial charge in [-0.3, -0.25) is 0 Å². The number of pyridine rings is 1. The van der Waals surface area contributed by atoms with Gasteiger partial charge >= 0.3 is 32.8 Å². The number of nitrogens with zero attached hydrogens (tertiary/aromatic N) is 5. The van der Waals surface area contributed by atoms with E-state index in [1.54, 1.807) is 0 Å².